The molecule has 0 saturated carbocycles. The maximum Gasteiger partial charge on any atom is 0.280 e. The molecule has 0 fully saturated rings. The van der Waals surface area contributed by atoms with Crippen LogP contribution in [-0.2, 0) is 6.42 Å². The van der Waals surface area contributed by atoms with Crippen LogP contribution in [0.1, 0.15) is 26.3 Å². The third-order valence-corrected chi connectivity index (χ3v) is 4.52. The third-order valence-electron chi connectivity index (χ3n) is 4.52. The second-order valence-electron chi connectivity index (χ2n) is 6.16. The molecule has 0 aromatic heterocycles. The Balaban J connectivity index is 1.68. The number of anilines is 1. The van der Waals surface area contributed by atoms with Crippen molar-refractivity contribution in [3.63, 3.8) is 0 Å². The number of hydrazine groups is 1. The van der Waals surface area contributed by atoms with Crippen molar-refractivity contribution >= 4 is 17.5 Å². The number of carbonyl (C=O) groups excluding carboxylic acids is 2. The lowest BCUT2D eigenvalue weighted by Crippen LogP contribution is -2.47. The van der Waals surface area contributed by atoms with E-state index in [0.717, 1.165) is 17.7 Å². The van der Waals surface area contributed by atoms with Crippen molar-refractivity contribution in [1.29, 1.82) is 0 Å². The summed E-state index contributed by atoms with van der Waals surface area (Å²) in [5.41, 5.74) is 2.89. The van der Waals surface area contributed by atoms with Gasteiger partial charge in [-0.2, -0.15) is 5.01 Å². The minimum Gasteiger partial charge on any atom is -0.275 e. The van der Waals surface area contributed by atoms with Gasteiger partial charge < -0.3 is 0 Å². The van der Waals surface area contributed by atoms with Crippen LogP contribution in [0, 0.1) is 0 Å². The van der Waals surface area contributed by atoms with Crippen LogP contribution in [-0.4, -0.2) is 23.4 Å². The highest BCUT2D eigenvalue weighted by Crippen LogP contribution is 2.27. The van der Waals surface area contributed by atoms with E-state index in [2.05, 4.69) is 0 Å². The van der Waals surface area contributed by atoms with E-state index in [1.54, 1.807) is 29.3 Å². The molecular weight excluding hydrogens is 324 g/mol. The number of fused-ring (bicyclic) bond motifs is 1. The van der Waals surface area contributed by atoms with Crippen molar-refractivity contribution in [3.05, 3.63) is 102 Å². The summed E-state index contributed by atoms with van der Waals surface area (Å²) >= 11 is 0. The topological polar surface area (TPSA) is 40.6 Å². The fourth-order valence-corrected chi connectivity index (χ4v) is 3.22. The number of nitrogens with zero attached hydrogens (tertiary/aromatic N) is 2. The molecule has 1 aliphatic heterocycles. The maximum absolute atomic E-state index is 12.9. The van der Waals surface area contributed by atoms with Crippen LogP contribution in [0.5, 0.6) is 0 Å². The van der Waals surface area contributed by atoms with E-state index in [1.807, 2.05) is 60.7 Å². The summed E-state index contributed by atoms with van der Waals surface area (Å²) in [5.74, 6) is -0.551. The molecule has 4 nitrogen and oxygen atoms in total. The van der Waals surface area contributed by atoms with Gasteiger partial charge in [-0.25, -0.2) is 0 Å². The molecule has 3 aromatic carbocycles. The second-order valence-corrected chi connectivity index (χ2v) is 6.16. The molecule has 1 heterocycles. The number of benzene rings is 3. The lowest BCUT2D eigenvalue weighted by atomic mass is 10.1. The Morgan fingerprint density at radius 3 is 1.73 bits per heavy atom. The van der Waals surface area contributed by atoms with Gasteiger partial charge in [0.25, 0.3) is 11.8 Å². The first-order valence-corrected chi connectivity index (χ1v) is 8.60. The highest BCUT2D eigenvalue weighted by molar-refractivity contribution is 6.22. The predicted octanol–water partition coefficient (Wildman–Crippen LogP) is 3.95. The lowest BCUT2D eigenvalue weighted by molar-refractivity contribution is 0.0634. The van der Waals surface area contributed by atoms with Crippen LogP contribution in [0.25, 0.3) is 0 Å². The first-order chi connectivity index (χ1) is 12.8. The average molecular weight is 342 g/mol. The van der Waals surface area contributed by atoms with Crippen LogP contribution < -0.4 is 5.01 Å². The quantitative estimate of drug-likeness (QED) is 0.659. The molecular formula is C22H18N2O2. The standard InChI is InChI=1S/C22H18N2O2/c25-21-19-13-7-8-14-20(19)22(26)24(21)23(18-11-5-2-6-12-18)16-15-17-9-3-1-4-10-17/h1-14H,15-16H2. The molecule has 0 spiro atoms. The Kier molecular flexibility index (Phi) is 4.23. The zero-order chi connectivity index (χ0) is 17.9. The largest absolute Gasteiger partial charge is 0.280 e. The Morgan fingerprint density at radius 2 is 1.15 bits per heavy atom. The third kappa shape index (κ3) is 2.86. The Hall–Kier alpha value is -3.40. The summed E-state index contributed by atoms with van der Waals surface area (Å²) in [4.78, 5) is 25.8. The number of hydrogen-bond donors (Lipinski definition) is 0. The van der Waals surface area contributed by atoms with Gasteiger partial charge in [-0.1, -0.05) is 60.7 Å². The molecule has 0 atom stereocenters. The van der Waals surface area contributed by atoms with Gasteiger partial charge in [0, 0.05) is 6.54 Å². The molecule has 2 amide bonds. The zero-order valence-electron chi connectivity index (χ0n) is 14.2. The molecule has 0 radical (unpaired) electrons. The Bertz CT molecular complexity index is 904. The van der Waals surface area contributed by atoms with Crippen molar-refractivity contribution in [2.45, 2.75) is 6.42 Å². The number of rotatable bonds is 5. The normalized spacial score (nSPS) is 13.0. The van der Waals surface area contributed by atoms with Crippen LogP contribution in [0.15, 0.2) is 84.9 Å². The van der Waals surface area contributed by atoms with E-state index >= 15 is 0 Å². The number of hydrogen-bond acceptors (Lipinski definition) is 3. The summed E-state index contributed by atoms with van der Waals surface area (Å²) in [6, 6.07) is 26.6. The molecule has 128 valence electrons. The van der Waals surface area contributed by atoms with Crippen molar-refractivity contribution in [1.82, 2.24) is 5.01 Å². The van der Waals surface area contributed by atoms with E-state index in [0.29, 0.717) is 17.7 Å². The number of imide groups is 1. The smallest absolute Gasteiger partial charge is 0.275 e. The van der Waals surface area contributed by atoms with E-state index in [4.69, 9.17) is 0 Å². The predicted molar refractivity (Wildman–Crippen MR) is 101 cm³/mol. The molecule has 1 aliphatic rings. The van der Waals surface area contributed by atoms with Crippen LogP contribution in [0.2, 0.25) is 0 Å². The average Bonchev–Trinajstić information content (AvgIpc) is 2.95. The molecule has 0 aliphatic carbocycles. The molecule has 26 heavy (non-hydrogen) atoms. The van der Waals surface area contributed by atoms with Gasteiger partial charge in [-0.15, -0.1) is 0 Å². The first kappa shape index (κ1) is 16.1. The van der Waals surface area contributed by atoms with Gasteiger partial charge in [-0.3, -0.25) is 14.6 Å². The molecule has 0 unspecified atom stereocenters. The van der Waals surface area contributed by atoms with Gasteiger partial charge in [0.1, 0.15) is 0 Å². The summed E-state index contributed by atoms with van der Waals surface area (Å²) in [6.07, 6.45) is 0.725. The summed E-state index contributed by atoms with van der Waals surface area (Å²) < 4.78 is 0. The molecule has 3 aromatic rings. The first-order valence-electron chi connectivity index (χ1n) is 8.60. The van der Waals surface area contributed by atoms with Crippen molar-refractivity contribution in [3.8, 4) is 0 Å². The lowest BCUT2D eigenvalue weighted by Gasteiger charge is -2.32. The maximum atomic E-state index is 12.9. The van der Waals surface area contributed by atoms with E-state index < -0.39 is 0 Å². The number of para-hydroxylation sites is 1. The molecule has 0 saturated heterocycles. The minimum absolute atomic E-state index is 0.275. The van der Waals surface area contributed by atoms with Gasteiger partial charge in [-0.05, 0) is 36.2 Å². The zero-order valence-corrected chi connectivity index (χ0v) is 14.2. The number of carbonyl (C=O) groups is 2. The van der Waals surface area contributed by atoms with Crippen molar-refractivity contribution < 1.29 is 9.59 Å². The van der Waals surface area contributed by atoms with Crippen LogP contribution >= 0.6 is 0 Å². The van der Waals surface area contributed by atoms with Gasteiger partial charge in [0.15, 0.2) is 0 Å². The van der Waals surface area contributed by atoms with E-state index in [9.17, 15) is 9.59 Å². The Morgan fingerprint density at radius 1 is 0.654 bits per heavy atom. The van der Waals surface area contributed by atoms with E-state index in [-0.39, 0.29) is 11.8 Å². The summed E-state index contributed by atoms with van der Waals surface area (Å²) in [7, 11) is 0. The molecule has 0 bridgehead atoms. The highest BCUT2D eigenvalue weighted by atomic mass is 16.2. The van der Waals surface area contributed by atoms with E-state index in [1.165, 1.54) is 5.01 Å². The molecule has 4 heteroatoms. The van der Waals surface area contributed by atoms with Crippen molar-refractivity contribution in [2.24, 2.45) is 0 Å². The van der Waals surface area contributed by atoms with Crippen LogP contribution in [0.3, 0.4) is 0 Å². The fourth-order valence-electron chi connectivity index (χ4n) is 3.22. The summed E-state index contributed by atoms with van der Waals surface area (Å²) in [5, 5.41) is 3.04. The molecule has 0 N–H and O–H groups in total. The van der Waals surface area contributed by atoms with Gasteiger partial charge >= 0.3 is 0 Å². The van der Waals surface area contributed by atoms with Crippen molar-refractivity contribution in [2.75, 3.05) is 11.6 Å². The highest BCUT2D eigenvalue weighted by Gasteiger charge is 2.39. The molecule has 4 rings (SSSR count). The number of amides is 2. The van der Waals surface area contributed by atoms with Gasteiger partial charge in [0.2, 0.25) is 0 Å². The fraction of sp³-hybridized carbons (Fsp3) is 0.0909. The van der Waals surface area contributed by atoms with Crippen LogP contribution in [0.4, 0.5) is 5.69 Å². The minimum atomic E-state index is -0.275. The monoisotopic (exact) mass is 342 g/mol. The van der Waals surface area contributed by atoms with Gasteiger partial charge in [0.05, 0.1) is 16.8 Å². The summed E-state index contributed by atoms with van der Waals surface area (Å²) in [6.45, 7) is 0.527. The Labute approximate surface area is 152 Å². The second kappa shape index (κ2) is 6.84. The SMILES string of the molecule is O=C1c2ccccc2C(=O)N1N(CCc1ccccc1)c1ccccc1.